The molecule has 1 aliphatic rings. The molecule has 3 N–H and O–H groups in total. The summed E-state index contributed by atoms with van der Waals surface area (Å²) >= 11 is 0. The summed E-state index contributed by atoms with van der Waals surface area (Å²) in [6.45, 7) is 4.01. The number of H-pyrrole nitrogens is 1. The summed E-state index contributed by atoms with van der Waals surface area (Å²) in [7, 11) is 0. The molecular formula is C25H24F4N6O2. The van der Waals surface area contributed by atoms with Crippen LogP contribution in [0.5, 0.6) is 5.75 Å². The minimum atomic E-state index is -4.96. The van der Waals surface area contributed by atoms with E-state index in [2.05, 4.69) is 30.3 Å². The van der Waals surface area contributed by atoms with Gasteiger partial charge in [-0.25, -0.2) is 14.2 Å². The minimum Gasteiger partial charge on any atom is -0.405 e. The van der Waals surface area contributed by atoms with Crippen LogP contribution in [0.1, 0.15) is 24.9 Å². The summed E-state index contributed by atoms with van der Waals surface area (Å²) in [4.78, 5) is 24.3. The van der Waals surface area contributed by atoms with Crippen LogP contribution in [0.3, 0.4) is 0 Å². The van der Waals surface area contributed by atoms with Gasteiger partial charge in [-0.2, -0.15) is 4.98 Å². The van der Waals surface area contributed by atoms with E-state index in [4.69, 9.17) is 0 Å². The number of hydrogen-bond acceptors (Lipinski definition) is 6. The van der Waals surface area contributed by atoms with Gasteiger partial charge in [0.1, 0.15) is 17.1 Å². The first kappa shape index (κ1) is 24.8. The zero-order chi connectivity index (χ0) is 26.2. The number of benzene rings is 2. The molecule has 2 atom stereocenters. The van der Waals surface area contributed by atoms with Crippen LogP contribution >= 0.6 is 0 Å². The molecule has 8 nitrogen and oxygen atoms in total. The van der Waals surface area contributed by atoms with Crippen molar-refractivity contribution < 1.29 is 22.3 Å². The van der Waals surface area contributed by atoms with E-state index in [0.29, 0.717) is 29.5 Å². The van der Waals surface area contributed by atoms with Crippen molar-refractivity contribution in [2.75, 3.05) is 25.0 Å². The second-order valence-electron chi connectivity index (χ2n) is 8.93. The Labute approximate surface area is 208 Å². The van der Waals surface area contributed by atoms with Gasteiger partial charge in [0.05, 0.1) is 12.2 Å². The molecule has 0 unspecified atom stereocenters. The van der Waals surface area contributed by atoms with Gasteiger partial charge in [-0.05, 0) is 56.1 Å². The molecule has 1 fully saturated rings. The van der Waals surface area contributed by atoms with Gasteiger partial charge in [0.2, 0.25) is 5.95 Å². The van der Waals surface area contributed by atoms with Gasteiger partial charge in [0, 0.05) is 17.7 Å². The molecule has 12 heteroatoms. The lowest BCUT2D eigenvalue weighted by Gasteiger charge is -2.20. The molecule has 2 aromatic carbocycles. The third kappa shape index (κ3) is 5.29. The number of anilines is 1. The highest BCUT2D eigenvalue weighted by Crippen LogP contribution is 2.36. The van der Waals surface area contributed by atoms with Crippen molar-refractivity contribution in [3.8, 4) is 16.9 Å². The first-order chi connectivity index (χ1) is 17.7. The predicted molar refractivity (Wildman–Crippen MR) is 130 cm³/mol. The highest BCUT2D eigenvalue weighted by molar-refractivity contribution is 5.72. The fourth-order valence-corrected chi connectivity index (χ4v) is 4.58. The average Bonchev–Trinajstić information content (AvgIpc) is 3.49. The largest absolute Gasteiger partial charge is 0.573 e. The quantitative estimate of drug-likeness (QED) is 0.314. The Bertz CT molecular complexity index is 1480. The number of ether oxygens (including phenoxy) is 1. The fraction of sp³-hybridized carbons (Fsp3) is 0.320. The molecule has 194 valence electrons. The number of aromatic nitrogens is 4. The normalized spacial score (nSPS) is 16.7. The highest BCUT2D eigenvalue weighted by Gasteiger charge is 2.33. The van der Waals surface area contributed by atoms with Crippen LogP contribution in [-0.2, 0) is 0 Å². The summed E-state index contributed by atoms with van der Waals surface area (Å²) in [5, 5.41) is 6.44. The second kappa shape index (κ2) is 9.85. The van der Waals surface area contributed by atoms with E-state index in [1.807, 2.05) is 0 Å². The summed E-state index contributed by atoms with van der Waals surface area (Å²) in [6.07, 6.45) is -2.50. The molecule has 0 aliphatic carbocycles. The predicted octanol–water partition coefficient (Wildman–Crippen LogP) is 4.46. The number of hydrogen-bond donors (Lipinski definition) is 3. The molecule has 5 rings (SSSR count). The molecule has 0 amide bonds. The van der Waals surface area contributed by atoms with Crippen molar-refractivity contribution in [1.29, 1.82) is 0 Å². The summed E-state index contributed by atoms with van der Waals surface area (Å²) < 4.78 is 59.6. The Morgan fingerprint density at radius 1 is 1.24 bits per heavy atom. The first-order valence-corrected chi connectivity index (χ1v) is 11.8. The number of aromatic amines is 1. The molecule has 0 saturated carbocycles. The average molecular weight is 516 g/mol. The van der Waals surface area contributed by atoms with Gasteiger partial charge in [-0.3, -0.25) is 4.57 Å². The Kier molecular flexibility index (Phi) is 6.59. The zero-order valence-corrected chi connectivity index (χ0v) is 19.8. The monoisotopic (exact) mass is 516 g/mol. The van der Waals surface area contributed by atoms with Crippen LogP contribution in [0.4, 0.5) is 23.5 Å². The van der Waals surface area contributed by atoms with Crippen molar-refractivity contribution in [1.82, 2.24) is 24.8 Å². The third-order valence-electron chi connectivity index (χ3n) is 6.43. The number of halogens is 4. The van der Waals surface area contributed by atoms with Crippen molar-refractivity contribution >= 4 is 17.1 Å². The molecule has 0 spiro atoms. The molecule has 2 aromatic heterocycles. The van der Waals surface area contributed by atoms with Crippen LogP contribution in [-0.4, -0.2) is 45.5 Å². The molecule has 4 aromatic rings. The van der Waals surface area contributed by atoms with E-state index >= 15 is 0 Å². The molecule has 1 saturated heterocycles. The third-order valence-corrected chi connectivity index (χ3v) is 6.43. The maximum Gasteiger partial charge on any atom is 0.573 e. The van der Waals surface area contributed by atoms with E-state index in [9.17, 15) is 22.4 Å². The van der Waals surface area contributed by atoms with E-state index in [0.717, 1.165) is 25.6 Å². The summed E-state index contributed by atoms with van der Waals surface area (Å²) in [6, 6.07) is 8.83. The van der Waals surface area contributed by atoms with Crippen LogP contribution in [0, 0.1) is 11.7 Å². The van der Waals surface area contributed by atoms with Gasteiger partial charge in [0.25, 0.3) is 0 Å². The molecule has 3 heterocycles. The molecule has 37 heavy (non-hydrogen) atoms. The molecular weight excluding hydrogens is 492 g/mol. The fourth-order valence-electron chi connectivity index (χ4n) is 4.58. The lowest BCUT2D eigenvalue weighted by molar-refractivity contribution is -0.275. The SMILES string of the molecule is C[C@@H](c1cc(-c2ccccc2F)ccc1OC(F)(F)F)n1c(=O)[nH]c2cnc(NC[C@@H]3CCNC3)nc21. The number of fused-ring (bicyclic) bond motifs is 1. The summed E-state index contributed by atoms with van der Waals surface area (Å²) in [5.74, 6) is -0.320. The standard InChI is InChI=1S/C25H24F4N6O2/c1-14(18-10-16(17-4-2-3-5-19(17)26)6-7-21(18)37-25(27,28)29)35-22-20(33-24(35)36)13-32-23(34-22)31-12-15-8-9-30-11-15/h2-7,10,13-15,30H,8-9,11-12H2,1H3,(H,33,36)(H,31,32,34)/t14-,15+/m0/s1. The molecule has 0 bridgehead atoms. The zero-order valence-electron chi connectivity index (χ0n) is 19.8. The Hall–Kier alpha value is -3.93. The summed E-state index contributed by atoms with van der Waals surface area (Å²) in [5.41, 5.74) is 0.539. The lowest BCUT2D eigenvalue weighted by atomic mass is 9.98. The Balaban J connectivity index is 1.56. The maximum absolute atomic E-state index is 14.5. The molecule has 0 radical (unpaired) electrons. The number of rotatable bonds is 7. The van der Waals surface area contributed by atoms with Gasteiger partial charge in [-0.1, -0.05) is 24.3 Å². The highest BCUT2D eigenvalue weighted by atomic mass is 19.4. The van der Waals surface area contributed by atoms with Crippen molar-refractivity contribution in [2.24, 2.45) is 5.92 Å². The van der Waals surface area contributed by atoms with Gasteiger partial charge in [-0.15, -0.1) is 13.2 Å². The van der Waals surface area contributed by atoms with Crippen molar-refractivity contribution in [3.63, 3.8) is 0 Å². The van der Waals surface area contributed by atoms with Crippen LogP contribution in [0.15, 0.2) is 53.5 Å². The minimum absolute atomic E-state index is 0.0335. The second-order valence-corrected chi connectivity index (χ2v) is 8.93. The van der Waals surface area contributed by atoms with Crippen LogP contribution in [0.25, 0.3) is 22.3 Å². The number of nitrogens with one attached hydrogen (secondary N) is 3. The van der Waals surface area contributed by atoms with E-state index in [1.54, 1.807) is 13.0 Å². The van der Waals surface area contributed by atoms with Crippen LogP contribution < -0.4 is 21.1 Å². The van der Waals surface area contributed by atoms with E-state index in [-0.39, 0.29) is 16.8 Å². The van der Waals surface area contributed by atoms with Crippen molar-refractivity contribution in [3.05, 3.63) is 70.5 Å². The van der Waals surface area contributed by atoms with E-state index in [1.165, 1.54) is 41.1 Å². The lowest BCUT2D eigenvalue weighted by Crippen LogP contribution is -2.24. The number of nitrogens with zero attached hydrogens (tertiary/aromatic N) is 3. The number of alkyl halides is 3. The maximum atomic E-state index is 14.5. The van der Waals surface area contributed by atoms with E-state index < -0.39 is 29.7 Å². The Morgan fingerprint density at radius 2 is 2.05 bits per heavy atom. The smallest absolute Gasteiger partial charge is 0.405 e. The van der Waals surface area contributed by atoms with Crippen molar-refractivity contribution in [2.45, 2.75) is 25.7 Å². The topological polar surface area (TPSA) is 96.9 Å². The van der Waals surface area contributed by atoms with Gasteiger partial charge >= 0.3 is 12.1 Å². The number of imidazole rings is 1. The first-order valence-electron chi connectivity index (χ1n) is 11.8. The van der Waals surface area contributed by atoms with Gasteiger partial charge in [0.15, 0.2) is 5.65 Å². The Morgan fingerprint density at radius 3 is 2.78 bits per heavy atom. The molecule has 1 aliphatic heterocycles. The van der Waals surface area contributed by atoms with Crippen LogP contribution in [0.2, 0.25) is 0 Å². The van der Waals surface area contributed by atoms with Gasteiger partial charge < -0.3 is 20.4 Å².